The Bertz CT molecular complexity index is 890. The average molecular weight is 434 g/mol. The molecule has 7 heteroatoms. The van der Waals surface area contributed by atoms with Crippen molar-refractivity contribution in [2.24, 2.45) is 5.41 Å². The van der Waals surface area contributed by atoms with Crippen molar-refractivity contribution in [1.29, 1.82) is 0 Å². The second kappa shape index (κ2) is 9.03. The van der Waals surface area contributed by atoms with Crippen LogP contribution in [-0.2, 0) is 23.8 Å². The molecule has 0 radical (unpaired) electrons. The summed E-state index contributed by atoms with van der Waals surface area (Å²) >= 11 is 5.11. The summed E-state index contributed by atoms with van der Waals surface area (Å²) in [7, 11) is 0. The number of rotatable bonds is 2. The molecule has 0 saturated carbocycles. The summed E-state index contributed by atoms with van der Waals surface area (Å²) in [6.45, 7) is 7.54. The molecule has 1 aliphatic heterocycles. The van der Waals surface area contributed by atoms with E-state index in [0.717, 1.165) is 38.0 Å². The van der Waals surface area contributed by atoms with Gasteiger partial charge in [0.05, 0.1) is 11.7 Å². The molecule has 1 fully saturated rings. The first-order valence-electron chi connectivity index (χ1n) is 10.2. The Labute approximate surface area is 206 Å². The number of aromatic nitrogens is 1. The van der Waals surface area contributed by atoms with Gasteiger partial charge in [0.15, 0.2) is 0 Å². The minimum absolute atomic E-state index is 0. The smallest absolute Gasteiger partial charge is 0.760 e. The third kappa shape index (κ3) is 4.93. The number of nitrogens with one attached hydrogen (secondary N) is 1. The van der Waals surface area contributed by atoms with Crippen molar-refractivity contribution in [3.8, 4) is 0 Å². The molecule has 0 unspecified atom stereocenters. The van der Waals surface area contributed by atoms with Gasteiger partial charge in [-0.15, -0.1) is 0 Å². The van der Waals surface area contributed by atoms with Crippen LogP contribution in [0.25, 0.3) is 0 Å². The number of fused-ring (bicyclic) bond motifs is 1. The molecule has 2 heterocycles. The number of benzene rings is 1. The largest absolute Gasteiger partial charge is 1.00 e. The molecule has 5 nitrogen and oxygen atoms in total. The molecule has 1 saturated heterocycles. The van der Waals surface area contributed by atoms with E-state index in [1.165, 1.54) is 11.1 Å². The fraction of sp³-hybridized carbons (Fsp3) is 0.478. The Hall–Kier alpha value is -1.34. The first kappa shape index (κ1) is 23.3. The minimum Gasteiger partial charge on any atom is -0.760 e. The topological polar surface area (TPSA) is 54.5 Å². The van der Waals surface area contributed by atoms with E-state index in [9.17, 15) is 4.79 Å². The normalized spacial score (nSPS) is 19.7. The number of carbonyl (C=O) groups is 1. The van der Waals surface area contributed by atoms with Gasteiger partial charge in [-0.3, -0.25) is 4.98 Å². The summed E-state index contributed by atoms with van der Waals surface area (Å²) in [6.07, 6.45) is 4.50. The Balaban J connectivity index is 0.00000256. The first-order chi connectivity index (χ1) is 13.8. The van der Waals surface area contributed by atoms with Crippen molar-refractivity contribution in [3.05, 3.63) is 53.7 Å². The number of hydrogen-bond donors (Lipinski definition) is 1. The molecule has 2 aliphatic rings. The van der Waals surface area contributed by atoms with Crippen LogP contribution in [0.2, 0.25) is 0 Å². The van der Waals surface area contributed by atoms with Gasteiger partial charge in [-0.2, -0.15) is 0 Å². The van der Waals surface area contributed by atoms with Crippen LogP contribution >= 0.6 is 0 Å². The van der Waals surface area contributed by atoms with Crippen molar-refractivity contribution >= 4 is 24.4 Å². The Morgan fingerprint density at radius 3 is 2.53 bits per heavy atom. The third-order valence-electron chi connectivity index (χ3n) is 6.03. The molecule has 154 valence electrons. The number of hydrogen-bond acceptors (Lipinski definition) is 5. The van der Waals surface area contributed by atoms with Crippen LogP contribution in [0.5, 0.6) is 0 Å². The first-order valence-corrected chi connectivity index (χ1v) is 10.6. The van der Waals surface area contributed by atoms with Gasteiger partial charge in [0.25, 0.3) is 0 Å². The van der Waals surface area contributed by atoms with Crippen LogP contribution in [-0.4, -0.2) is 29.8 Å². The fourth-order valence-corrected chi connectivity index (χ4v) is 4.80. The second-order valence-corrected chi connectivity index (χ2v) is 9.58. The summed E-state index contributed by atoms with van der Waals surface area (Å²) in [5.41, 5.74) is 3.18. The number of alkyl carbamates (subject to hydrolysis) is 1. The average Bonchev–Trinajstić information content (AvgIpc) is 2.95. The van der Waals surface area contributed by atoms with Gasteiger partial charge in [0.2, 0.25) is 0 Å². The van der Waals surface area contributed by atoms with Gasteiger partial charge >= 0.3 is 35.7 Å². The number of anilines is 1. The van der Waals surface area contributed by atoms with Crippen LogP contribution in [0.3, 0.4) is 0 Å². The molecule has 0 bridgehead atoms. The number of nitrogens with zero attached hydrogens (tertiary/aromatic N) is 2. The van der Waals surface area contributed by atoms with Crippen molar-refractivity contribution in [3.63, 3.8) is 0 Å². The number of piperidine rings is 1. The van der Waals surface area contributed by atoms with E-state index in [1.54, 1.807) is 0 Å². The zero-order valence-corrected chi connectivity index (χ0v) is 21.1. The Kier molecular flexibility index (Phi) is 7.02. The molecule has 1 aromatic heterocycles. The van der Waals surface area contributed by atoms with Crippen LogP contribution in [0.15, 0.2) is 47.6 Å². The monoisotopic (exact) mass is 433 g/mol. The zero-order chi connectivity index (χ0) is 20.6. The van der Waals surface area contributed by atoms with Gasteiger partial charge in [-0.1, -0.05) is 35.4 Å². The molecule has 1 spiro atoms. The summed E-state index contributed by atoms with van der Waals surface area (Å²) in [5.74, 6) is 0. The molecule has 1 amide bonds. The van der Waals surface area contributed by atoms with Crippen LogP contribution in [0.1, 0.15) is 50.8 Å². The molecular formula is C23H28N3NaO2S. The summed E-state index contributed by atoms with van der Waals surface area (Å²) in [5, 5.41) is 3.83. The number of ether oxygens (including phenoxy) is 1. The molecule has 2 aromatic rings. The van der Waals surface area contributed by atoms with E-state index < -0.39 is 5.60 Å². The van der Waals surface area contributed by atoms with Gasteiger partial charge in [0.1, 0.15) is 5.60 Å². The summed E-state index contributed by atoms with van der Waals surface area (Å²) in [6, 6.07) is 12.4. The standard InChI is InChI=1S/C23H29N3O2S.Na/c1-22(2,3)28-21(27)25-20-18-7-5-4-6-16(18)14-23(20)10-12-26(13-11-23)17-8-9-19(29)24-15-17;/h4-9,15,20H,10-14H2,1-3H3,(H,24,29)(H,25,27);/q;+1/p-1/t20-;/m1./s1. The van der Waals surface area contributed by atoms with E-state index in [0.29, 0.717) is 5.03 Å². The molecule has 30 heavy (non-hydrogen) atoms. The maximum Gasteiger partial charge on any atom is 1.00 e. The van der Waals surface area contributed by atoms with Crippen LogP contribution in [0, 0.1) is 5.41 Å². The Morgan fingerprint density at radius 2 is 1.90 bits per heavy atom. The number of amides is 1. The van der Waals surface area contributed by atoms with E-state index in [4.69, 9.17) is 17.4 Å². The van der Waals surface area contributed by atoms with Crippen molar-refractivity contribution in [2.45, 2.75) is 56.7 Å². The third-order valence-corrected chi connectivity index (χ3v) is 6.27. The fourth-order valence-electron chi connectivity index (χ4n) is 4.68. The molecule has 1 atom stereocenters. The van der Waals surface area contributed by atoms with E-state index in [-0.39, 0.29) is 47.1 Å². The summed E-state index contributed by atoms with van der Waals surface area (Å²) in [4.78, 5) is 19.2. The van der Waals surface area contributed by atoms with Gasteiger partial charge < -0.3 is 27.6 Å². The van der Waals surface area contributed by atoms with E-state index >= 15 is 0 Å². The molecule has 1 aromatic carbocycles. The number of pyridine rings is 1. The maximum absolute atomic E-state index is 12.6. The minimum atomic E-state index is -0.511. The SMILES string of the molecule is CC(C)(C)OC(=O)N[C@@H]1c2ccccc2CC12CCN(c1ccc([S-])nc1)CC2.[Na+]. The zero-order valence-electron chi connectivity index (χ0n) is 18.3. The second-order valence-electron chi connectivity index (χ2n) is 9.16. The maximum atomic E-state index is 12.6. The van der Waals surface area contributed by atoms with Gasteiger partial charge in [0, 0.05) is 24.7 Å². The summed E-state index contributed by atoms with van der Waals surface area (Å²) < 4.78 is 5.57. The van der Waals surface area contributed by atoms with Crippen molar-refractivity contribution in [2.75, 3.05) is 18.0 Å². The molecule has 4 rings (SSSR count). The predicted octanol–water partition coefficient (Wildman–Crippen LogP) is 1.40. The van der Waals surface area contributed by atoms with E-state index in [1.807, 2.05) is 39.1 Å². The van der Waals surface area contributed by atoms with Crippen molar-refractivity contribution in [1.82, 2.24) is 10.3 Å². The van der Waals surface area contributed by atoms with E-state index in [2.05, 4.69) is 39.5 Å². The van der Waals surface area contributed by atoms with Gasteiger partial charge in [-0.05, 0) is 57.2 Å². The molecule has 1 N–H and O–H groups in total. The number of carbonyl (C=O) groups excluding carboxylic acids is 1. The molecule has 1 aliphatic carbocycles. The molecular weight excluding hydrogens is 405 g/mol. The Morgan fingerprint density at radius 1 is 1.20 bits per heavy atom. The van der Waals surface area contributed by atoms with Gasteiger partial charge in [-0.25, -0.2) is 4.79 Å². The predicted molar refractivity (Wildman–Crippen MR) is 116 cm³/mol. The quantitative estimate of drug-likeness (QED) is 0.573. The van der Waals surface area contributed by atoms with Crippen LogP contribution < -0.4 is 39.8 Å². The van der Waals surface area contributed by atoms with Crippen molar-refractivity contribution < 1.29 is 39.1 Å². The van der Waals surface area contributed by atoms with Crippen LogP contribution in [0.4, 0.5) is 10.5 Å².